The Morgan fingerprint density at radius 2 is 1.89 bits per heavy atom. The molecule has 1 heterocycles. The minimum absolute atomic E-state index is 0.0693. The number of carbonyl (C=O) groups excluding carboxylic acids is 2. The Balaban J connectivity index is 1.39. The molecule has 1 aliphatic heterocycles. The number of methoxy groups -OCH3 is 1. The summed E-state index contributed by atoms with van der Waals surface area (Å²) in [5.74, 6) is 0.948. The number of rotatable bonds is 6. The van der Waals surface area contributed by atoms with Crippen molar-refractivity contribution in [2.45, 2.75) is 51.0 Å². The lowest BCUT2D eigenvalue weighted by Gasteiger charge is -2.25. The largest absolute Gasteiger partial charge is 0.497 e. The maximum absolute atomic E-state index is 12.8. The van der Waals surface area contributed by atoms with Gasteiger partial charge in [0.25, 0.3) is 0 Å². The van der Waals surface area contributed by atoms with Crippen LogP contribution < -0.4 is 4.74 Å². The number of hydrogen-bond donors (Lipinski definition) is 0. The van der Waals surface area contributed by atoms with Crippen LogP contribution in [0.5, 0.6) is 5.75 Å². The first kappa shape index (κ1) is 18.7. The van der Waals surface area contributed by atoms with Gasteiger partial charge in [0.05, 0.1) is 13.2 Å². The standard InChI is InChI=1S/C24H27NO3/c1-28-21-8-3-7-19(16-21)22-9-4-14-25(22)24(27)13-12-23(26)20-11-10-17-5-2-6-18(17)15-20/h3,7-8,10-11,15-16,22H,2,4-6,9,12-14H2,1H3. The Morgan fingerprint density at radius 1 is 1.04 bits per heavy atom. The van der Waals surface area contributed by atoms with Gasteiger partial charge in [-0.05, 0) is 67.0 Å². The molecule has 28 heavy (non-hydrogen) atoms. The van der Waals surface area contributed by atoms with Gasteiger partial charge in [-0.2, -0.15) is 0 Å². The van der Waals surface area contributed by atoms with Gasteiger partial charge in [-0.1, -0.05) is 24.3 Å². The first-order valence-corrected chi connectivity index (χ1v) is 10.2. The zero-order valence-corrected chi connectivity index (χ0v) is 16.4. The minimum atomic E-state index is 0.0693. The fourth-order valence-corrected chi connectivity index (χ4v) is 4.51. The Hall–Kier alpha value is -2.62. The fraction of sp³-hybridized carbons (Fsp3) is 0.417. The molecule has 1 fully saturated rings. The van der Waals surface area contributed by atoms with Crippen LogP contribution in [0.15, 0.2) is 42.5 Å². The number of carbonyl (C=O) groups is 2. The molecule has 1 unspecified atom stereocenters. The number of Topliss-reactive ketones (excluding diaryl/α,β-unsaturated/α-hetero) is 1. The zero-order chi connectivity index (χ0) is 19.5. The summed E-state index contributed by atoms with van der Waals surface area (Å²) in [5, 5.41) is 0. The van der Waals surface area contributed by atoms with Gasteiger partial charge >= 0.3 is 0 Å². The van der Waals surface area contributed by atoms with Gasteiger partial charge < -0.3 is 9.64 Å². The highest BCUT2D eigenvalue weighted by Crippen LogP contribution is 2.34. The summed E-state index contributed by atoms with van der Waals surface area (Å²) in [6, 6.07) is 14.1. The molecule has 0 N–H and O–H groups in total. The molecule has 4 rings (SSSR count). The van der Waals surface area contributed by atoms with E-state index in [9.17, 15) is 9.59 Å². The van der Waals surface area contributed by atoms with Gasteiger partial charge in [0.2, 0.25) is 5.91 Å². The molecule has 0 saturated carbocycles. The third-order valence-electron chi connectivity index (χ3n) is 6.04. The van der Waals surface area contributed by atoms with Crippen LogP contribution in [0.4, 0.5) is 0 Å². The highest BCUT2D eigenvalue weighted by Gasteiger charge is 2.30. The predicted octanol–water partition coefficient (Wildman–Crippen LogP) is 4.51. The molecule has 1 aliphatic carbocycles. The molecule has 0 aromatic heterocycles. The number of fused-ring (bicyclic) bond motifs is 1. The molecule has 2 aromatic rings. The number of nitrogens with zero attached hydrogens (tertiary/aromatic N) is 1. The molecule has 0 bridgehead atoms. The Morgan fingerprint density at radius 3 is 2.75 bits per heavy atom. The lowest BCUT2D eigenvalue weighted by Crippen LogP contribution is -2.30. The van der Waals surface area contributed by atoms with Crippen molar-refractivity contribution in [3.63, 3.8) is 0 Å². The fourth-order valence-electron chi connectivity index (χ4n) is 4.51. The number of ether oxygens (including phenoxy) is 1. The summed E-state index contributed by atoms with van der Waals surface area (Å²) in [7, 11) is 1.65. The van der Waals surface area contributed by atoms with E-state index in [4.69, 9.17) is 4.74 Å². The Bertz CT molecular complexity index is 889. The van der Waals surface area contributed by atoms with Crippen LogP contribution in [0, 0.1) is 0 Å². The molecule has 4 nitrogen and oxygen atoms in total. The summed E-state index contributed by atoms with van der Waals surface area (Å²) in [6.07, 6.45) is 5.85. The molecule has 146 valence electrons. The van der Waals surface area contributed by atoms with Crippen LogP contribution in [-0.2, 0) is 17.6 Å². The van der Waals surface area contributed by atoms with E-state index in [1.807, 2.05) is 35.2 Å². The monoisotopic (exact) mass is 377 g/mol. The molecular weight excluding hydrogens is 350 g/mol. The third-order valence-corrected chi connectivity index (χ3v) is 6.04. The van der Waals surface area contributed by atoms with Crippen molar-refractivity contribution in [2.24, 2.45) is 0 Å². The SMILES string of the molecule is COc1cccc(C2CCCN2C(=O)CCC(=O)c2ccc3c(c2)CCC3)c1. The van der Waals surface area contributed by atoms with E-state index < -0.39 is 0 Å². The number of aryl methyl sites for hydroxylation is 2. The van der Waals surface area contributed by atoms with Crippen molar-refractivity contribution in [2.75, 3.05) is 13.7 Å². The average Bonchev–Trinajstić information content (AvgIpc) is 3.40. The zero-order valence-electron chi connectivity index (χ0n) is 16.4. The number of benzene rings is 2. The van der Waals surface area contributed by atoms with Crippen molar-refractivity contribution >= 4 is 11.7 Å². The molecule has 2 aliphatic rings. The van der Waals surface area contributed by atoms with E-state index in [0.717, 1.165) is 49.1 Å². The van der Waals surface area contributed by atoms with Crippen molar-refractivity contribution in [1.29, 1.82) is 0 Å². The molecule has 0 spiro atoms. The Labute approximate surface area is 166 Å². The first-order chi connectivity index (χ1) is 13.7. The van der Waals surface area contributed by atoms with Gasteiger partial charge in [-0.3, -0.25) is 9.59 Å². The van der Waals surface area contributed by atoms with E-state index in [0.29, 0.717) is 0 Å². The molecule has 1 amide bonds. The predicted molar refractivity (Wildman–Crippen MR) is 109 cm³/mol. The van der Waals surface area contributed by atoms with E-state index in [1.165, 1.54) is 17.5 Å². The van der Waals surface area contributed by atoms with Crippen LogP contribution in [0.25, 0.3) is 0 Å². The highest BCUT2D eigenvalue weighted by atomic mass is 16.5. The van der Waals surface area contributed by atoms with Crippen molar-refractivity contribution in [1.82, 2.24) is 4.90 Å². The summed E-state index contributed by atoms with van der Waals surface area (Å²) in [4.78, 5) is 27.4. The number of hydrogen-bond acceptors (Lipinski definition) is 3. The highest BCUT2D eigenvalue weighted by molar-refractivity contribution is 5.98. The van der Waals surface area contributed by atoms with Crippen molar-refractivity contribution < 1.29 is 14.3 Å². The summed E-state index contributed by atoms with van der Waals surface area (Å²) >= 11 is 0. The topological polar surface area (TPSA) is 46.6 Å². The van der Waals surface area contributed by atoms with Crippen LogP contribution >= 0.6 is 0 Å². The van der Waals surface area contributed by atoms with Gasteiger partial charge in [-0.25, -0.2) is 0 Å². The number of amides is 1. The quantitative estimate of drug-likeness (QED) is 0.696. The second kappa shape index (κ2) is 8.17. The molecular formula is C24H27NO3. The lowest BCUT2D eigenvalue weighted by molar-refractivity contribution is -0.132. The number of ketones is 1. The van der Waals surface area contributed by atoms with Gasteiger partial charge in [-0.15, -0.1) is 0 Å². The maximum Gasteiger partial charge on any atom is 0.223 e. The average molecular weight is 377 g/mol. The molecule has 1 saturated heterocycles. The van der Waals surface area contributed by atoms with Crippen molar-refractivity contribution in [3.05, 3.63) is 64.7 Å². The van der Waals surface area contributed by atoms with Gasteiger partial charge in [0, 0.05) is 24.9 Å². The first-order valence-electron chi connectivity index (χ1n) is 10.2. The molecule has 1 atom stereocenters. The van der Waals surface area contributed by atoms with Crippen molar-refractivity contribution in [3.8, 4) is 5.75 Å². The minimum Gasteiger partial charge on any atom is -0.497 e. The molecule has 0 radical (unpaired) electrons. The van der Waals surface area contributed by atoms with E-state index in [2.05, 4.69) is 12.1 Å². The van der Waals surface area contributed by atoms with E-state index in [-0.39, 0.29) is 30.6 Å². The second-order valence-electron chi connectivity index (χ2n) is 7.78. The normalized spacial score (nSPS) is 18.2. The summed E-state index contributed by atoms with van der Waals surface area (Å²) < 4.78 is 5.32. The Kier molecular flexibility index (Phi) is 5.47. The summed E-state index contributed by atoms with van der Waals surface area (Å²) in [5.41, 5.74) is 4.52. The lowest BCUT2D eigenvalue weighted by atomic mass is 10.0. The van der Waals surface area contributed by atoms with Crippen LogP contribution in [0.2, 0.25) is 0 Å². The third kappa shape index (κ3) is 3.82. The van der Waals surface area contributed by atoms with E-state index in [1.54, 1.807) is 7.11 Å². The van der Waals surface area contributed by atoms with Crippen LogP contribution in [-0.4, -0.2) is 30.2 Å². The van der Waals surface area contributed by atoms with Crippen LogP contribution in [0.3, 0.4) is 0 Å². The maximum atomic E-state index is 12.8. The number of likely N-dealkylation sites (tertiary alicyclic amines) is 1. The second-order valence-corrected chi connectivity index (χ2v) is 7.78. The van der Waals surface area contributed by atoms with Gasteiger partial charge in [0.1, 0.15) is 5.75 Å². The summed E-state index contributed by atoms with van der Waals surface area (Å²) in [6.45, 7) is 0.758. The molecule has 4 heteroatoms. The van der Waals surface area contributed by atoms with Crippen LogP contribution in [0.1, 0.15) is 65.2 Å². The molecule has 2 aromatic carbocycles. The van der Waals surface area contributed by atoms with E-state index >= 15 is 0 Å². The smallest absolute Gasteiger partial charge is 0.223 e. The van der Waals surface area contributed by atoms with Gasteiger partial charge in [0.15, 0.2) is 5.78 Å².